The molecular formula is C13H16O3. The van der Waals surface area contributed by atoms with Crippen molar-refractivity contribution in [3.05, 3.63) is 48.6 Å². The van der Waals surface area contributed by atoms with Crippen LogP contribution in [0.15, 0.2) is 43.0 Å². The highest BCUT2D eigenvalue weighted by molar-refractivity contribution is 5.74. The first kappa shape index (κ1) is 12.5. The fourth-order valence-corrected chi connectivity index (χ4v) is 1.30. The average molecular weight is 220 g/mol. The Kier molecular flexibility index (Phi) is 5.29. The van der Waals surface area contributed by atoms with E-state index < -0.39 is 12.1 Å². The number of benzene rings is 1. The molecule has 0 fully saturated rings. The van der Waals surface area contributed by atoms with Crippen LogP contribution in [0.25, 0.3) is 0 Å². The van der Waals surface area contributed by atoms with Gasteiger partial charge in [-0.25, -0.2) is 4.79 Å². The standard InChI is InChI=1S/C13H16O3/c1-2-10-16-13(15)12(14)9-8-11-6-4-3-5-7-11/h2-7,12,14H,1,8-10H2. The van der Waals surface area contributed by atoms with Crippen molar-refractivity contribution in [2.75, 3.05) is 6.61 Å². The van der Waals surface area contributed by atoms with Gasteiger partial charge in [0.05, 0.1) is 0 Å². The van der Waals surface area contributed by atoms with Gasteiger partial charge in [-0.2, -0.15) is 0 Å². The number of ether oxygens (including phenoxy) is 1. The molecule has 0 bridgehead atoms. The summed E-state index contributed by atoms with van der Waals surface area (Å²) >= 11 is 0. The Bertz CT molecular complexity index is 332. The highest BCUT2D eigenvalue weighted by Crippen LogP contribution is 2.05. The number of hydrogen-bond donors (Lipinski definition) is 1. The molecule has 3 nitrogen and oxygen atoms in total. The summed E-state index contributed by atoms with van der Waals surface area (Å²) < 4.78 is 4.73. The van der Waals surface area contributed by atoms with Gasteiger partial charge in [-0.15, -0.1) is 0 Å². The van der Waals surface area contributed by atoms with Crippen molar-refractivity contribution in [3.8, 4) is 0 Å². The number of carbonyl (C=O) groups is 1. The van der Waals surface area contributed by atoms with E-state index in [2.05, 4.69) is 6.58 Å². The molecule has 1 aromatic carbocycles. The van der Waals surface area contributed by atoms with Gasteiger partial charge in [-0.1, -0.05) is 43.0 Å². The fraction of sp³-hybridized carbons (Fsp3) is 0.308. The van der Waals surface area contributed by atoms with Crippen molar-refractivity contribution in [1.82, 2.24) is 0 Å². The zero-order chi connectivity index (χ0) is 11.8. The molecule has 1 unspecified atom stereocenters. The molecule has 0 saturated carbocycles. The van der Waals surface area contributed by atoms with Gasteiger partial charge in [0.1, 0.15) is 6.61 Å². The highest BCUT2D eigenvalue weighted by atomic mass is 16.5. The zero-order valence-electron chi connectivity index (χ0n) is 9.13. The Balaban J connectivity index is 2.32. The Morgan fingerprint density at radius 1 is 1.44 bits per heavy atom. The minimum absolute atomic E-state index is 0.140. The predicted octanol–water partition coefficient (Wildman–Crippen LogP) is 1.71. The largest absolute Gasteiger partial charge is 0.460 e. The first-order chi connectivity index (χ1) is 7.74. The van der Waals surface area contributed by atoms with Gasteiger partial charge in [-0.3, -0.25) is 0 Å². The van der Waals surface area contributed by atoms with E-state index in [0.29, 0.717) is 12.8 Å². The van der Waals surface area contributed by atoms with Crippen LogP contribution in [0.5, 0.6) is 0 Å². The average Bonchev–Trinajstić information content (AvgIpc) is 2.34. The van der Waals surface area contributed by atoms with Crippen molar-refractivity contribution in [1.29, 1.82) is 0 Å². The van der Waals surface area contributed by atoms with Gasteiger partial charge >= 0.3 is 5.97 Å². The minimum Gasteiger partial charge on any atom is -0.460 e. The third-order valence-electron chi connectivity index (χ3n) is 2.16. The SMILES string of the molecule is C=CCOC(=O)C(O)CCc1ccccc1. The number of carbonyl (C=O) groups excluding carboxylic acids is 1. The maximum atomic E-state index is 11.2. The summed E-state index contributed by atoms with van der Waals surface area (Å²) in [6.07, 6.45) is 1.45. The number of rotatable bonds is 6. The number of aliphatic hydroxyl groups excluding tert-OH is 1. The van der Waals surface area contributed by atoms with Crippen molar-refractivity contribution in [3.63, 3.8) is 0 Å². The van der Waals surface area contributed by atoms with Gasteiger partial charge in [0.2, 0.25) is 0 Å². The van der Waals surface area contributed by atoms with E-state index in [-0.39, 0.29) is 6.61 Å². The molecule has 0 aliphatic heterocycles. The maximum absolute atomic E-state index is 11.2. The molecule has 1 rings (SSSR count). The summed E-state index contributed by atoms with van der Waals surface area (Å²) in [4.78, 5) is 11.2. The summed E-state index contributed by atoms with van der Waals surface area (Å²) in [5, 5.41) is 9.50. The lowest BCUT2D eigenvalue weighted by atomic mass is 10.1. The van der Waals surface area contributed by atoms with Crippen LogP contribution in [0.4, 0.5) is 0 Å². The molecule has 0 saturated heterocycles. The van der Waals surface area contributed by atoms with Gasteiger partial charge in [-0.05, 0) is 18.4 Å². The third-order valence-corrected chi connectivity index (χ3v) is 2.16. The van der Waals surface area contributed by atoms with Crippen LogP contribution in [0.2, 0.25) is 0 Å². The Hall–Kier alpha value is -1.61. The Morgan fingerprint density at radius 3 is 2.75 bits per heavy atom. The molecule has 3 heteroatoms. The summed E-state index contributed by atoms with van der Waals surface area (Å²) in [5.41, 5.74) is 1.10. The fourth-order valence-electron chi connectivity index (χ4n) is 1.30. The van der Waals surface area contributed by atoms with Crippen LogP contribution >= 0.6 is 0 Å². The lowest BCUT2D eigenvalue weighted by Gasteiger charge is -2.09. The molecule has 0 spiro atoms. The molecule has 0 aliphatic rings. The molecule has 1 N–H and O–H groups in total. The number of aryl methyl sites for hydroxylation is 1. The lowest BCUT2D eigenvalue weighted by molar-refractivity contribution is -0.152. The molecule has 0 aromatic heterocycles. The second-order valence-corrected chi connectivity index (χ2v) is 3.46. The van der Waals surface area contributed by atoms with E-state index in [9.17, 15) is 9.90 Å². The smallest absolute Gasteiger partial charge is 0.335 e. The lowest BCUT2D eigenvalue weighted by Crippen LogP contribution is -2.23. The summed E-state index contributed by atoms with van der Waals surface area (Å²) in [5.74, 6) is -0.587. The molecule has 86 valence electrons. The van der Waals surface area contributed by atoms with Crippen LogP contribution in [0, 0.1) is 0 Å². The molecule has 0 amide bonds. The number of esters is 1. The van der Waals surface area contributed by atoms with Crippen molar-refractivity contribution < 1.29 is 14.6 Å². The Morgan fingerprint density at radius 2 is 2.12 bits per heavy atom. The summed E-state index contributed by atoms with van der Waals surface area (Å²) in [7, 11) is 0. The molecule has 0 aliphatic carbocycles. The highest BCUT2D eigenvalue weighted by Gasteiger charge is 2.15. The predicted molar refractivity (Wildman–Crippen MR) is 61.9 cm³/mol. The van der Waals surface area contributed by atoms with Crippen LogP contribution in [0.3, 0.4) is 0 Å². The van der Waals surface area contributed by atoms with Crippen LogP contribution in [0.1, 0.15) is 12.0 Å². The van der Waals surface area contributed by atoms with E-state index in [4.69, 9.17) is 4.74 Å². The molecule has 0 radical (unpaired) electrons. The minimum atomic E-state index is -1.06. The van der Waals surface area contributed by atoms with E-state index in [0.717, 1.165) is 5.56 Å². The second kappa shape index (κ2) is 6.80. The van der Waals surface area contributed by atoms with Gasteiger partial charge < -0.3 is 9.84 Å². The molecule has 16 heavy (non-hydrogen) atoms. The topological polar surface area (TPSA) is 46.5 Å². The van der Waals surface area contributed by atoms with Gasteiger partial charge in [0.15, 0.2) is 6.10 Å². The molecule has 0 heterocycles. The van der Waals surface area contributed by atoms with Gasteiger partial charge in [0, 0.05) is 0 Å². The van der Waals surface area contributed by atoms with Crippen molar-refractivity contribution in [2.45, 2.75) is 18.9 Å². The van der Waals surface area contributed by atoms with Crippen molar-refractivity contribution >= 4 is 5.97 Å². The number of aliphatic hydroxyl groups is 1. The zero-order valence-corrected chi connectivity index (χ0v) is 9.13. The van der Waals surface area contributed by atoms with Crippen LogP contribution in [-0.2, 0) is 16.0 Å². The molecule has 1 atom stereocenters. The number of hydrogen-bond acceptors (Lipinski definition) is 3. The first-order valence-electron chi connectivity index (χ1n) is 5.23. The van der Waals surface area contributed by atoms with E-state index >= 15 is 0 Å². The molecular weight excluding hydrogens is 204 g/mol. The molecule has 1 aromatic rings. The summed E-state index contributed by atoms with van der Waals surface area (Å²) in [6.45, 7) is 3.57. The Labute approximate surface area is 95.4 Å². The summed E-state index contributed by atoms with van der Waals surface area (Å²) in [6, 6.07) is 9.71. The van der Waals surface area contributed by atoms with Crippen LogP contribution < -0.4 is 0 Å². The van der Waals surface area contributed by atoms with Crippen LogP contribution in [-0.4, -0.2) is 23.8 Å². The van der Waals surface area contributed by atoms with Gasteiger partial charge in [0.25, 0.3) is 0 Å². The monoisotopic (exact) mass is 220 g/mol. The quantitative estimate of drug-likeness (QED) is 0.586. The van der Waals surface area contributed by atoms with E-state index in [1.54, 1.807) is 0 Å². The van der Waals surface area contributed by atoms with E-state index in [1.807, 2.05) is 30.3 Å². The third kappa shape index (κ3) is 4.28. The second-order valence-electron chi connectivity index (χ2n) is 3.46. The van der Waals surface area contributed by atoms with Crippen molar-refractivity contribution in [2.24, 2.45) is 0 Å². The normalized spacial score (nSPS) is 11.8. The van der Waals surface area contributed by atoms with E-state index in [1.165, 1.54) is 6.08 Å². The maximum Gasteiger partial charge on any atom is 0.335 e. The first-order valence-corrected chi connectivity index (χ1v) is 5.23.